The number of nitrogens with zero attached hydrogens (tertiary/aromatic N) is 1. The molecule has 0 spiro atoms. The molecular formula is C31H30ClNO4. The highest BCUT2D eigenvalue weighted by atomic mass is 35.5. The van der Waals surface area contributed by atoms with Crippen molar-refractivity contribution in [3.8, 4) is 11.5 Å². The Hall–Kier alpha value is -3.93. The molecule has 0 heterocycles. The molecule has 6 heteroatoms. The first-order chi connectivity index (χ1) is 17.4. The van der Waals surface area contributed by atoms with Crippen LogP contribution in [0.4, 0.5) is 0 Å². The van der Waals surface area contributed by atoms with Crippen molar-refractivity contribution in [2.24, 2.45) is 0 Å². The van der Waals surface area contributed by atoms with E-state index in [-0.39, 0.29) is 29.9 Å². The predicted octanol–water partition coefficient (Wildman–Crippen LogP) is 6.70. The Kier molecular flexibility index (Phi) is 9.61. The Bertz CT molecular complexity index is 1320. The second-order valence-corrected chi connectivity index (χ2v) is 8.89. The fourth-order valence-electron chi connectivity index (χ4n) is 3.92. The van der Waals surface area contributed by atoms with Gasteiger partial charge < -0.3 is 14.4 Å². The fraction of sp³-hybridized carbons (Fsp3) is 0.161. The maximum atomic E-state index is 12.8. The van der Waals surface area contributed by atoms with Crippen LogP contribution < -0.4 is 9.47 Å². The van der Waals surface area contributed by atoms with E-state index >= 15 is 0 Å². The van der Waals surface area contributed by atoms with Gasteiger partial charge in [-0.2, -0.15) is 0 Å². The van der Waals surface area contributed by atoms with E-state index in [0.29, 0.717) is 17.5 Å². The number of aryl methyl sites for hydroxylation is 1. The molecule has 1 atom stereocenters. The van der Waals surface area contributed by atoms with Crippen LogP contribution in [0.1, 0.15) is 43.4 Å². The van der Waals surface area contributed by atoms with Gasteiger partial charge in [0.1, 0.15) is 0 Å². The number of likely N-dealkylation sites (N-methyl/N-ethyl adjacent to an activating group) is 1. The number of hydrogen-bond acceptors (Lipinski definition) is 5. The van der Waals surface area contributed by atoms with Crippen molar-refractivity contribution in [1.29, 1.82) is 0 Å². The first-order valence-electron chi connectivity index (χ1n) is 11.8. The van der Waals surface area contributed by atoms with Gasteiger partial charge in [-0.05, 0) is 75.0 Å². The lowest BCUT2D eigenvalue weighted by Crippen LogP contribution is -2.22. The molecular weight excluding hydrogens is 486 g/mol. The van der Waals surface area contributed by atoms with Crippen molar-refractivity contribution < 1.29 is 19.1 Å². The molecule has 190 valence electrons. The van der Waals surface area contributed by atoms with Gasteiger partial charge in [-0.25, -0.2) is 9.59 Å². The molecule has 0 saturated heterocycles. The summed E-state index contributed by atoms with van der Waals surface area (Å²) in [5, 5.41) is 0. The molecule has 5 nitrogen and oxygen atoms in total. The molecule has 0 N–H and O–H groups in total. The first-order valence-corrected chi connectivity index (χ1v) is 11.8. The average molecular weight is 516 g/mol. The third kappa shape index (κ3) is 7.29. The second kappa shape index (κ2) is 12.9. The standard InChI is InChI=1S/C31H29NO4.ClH/c1-22-14-17-24(18-15-22)27(32(2)3)20-23-16-19-28(35-30(33)25-10-6-4-7-11-25)29(21-23)36-31(34)26-12-8-5-9-13-26;/h4-19,21,27H,20H2,1-3H3;1H. The van der Waals surface area contributed by atoms with Crippen LogP contribution >= 0.6 is 12.4 Å². The summed E-state index contributed by atoms with van der Waals surface area (Å²) >= 11 is 0. The number of carbonyl (C=O) groups excluding carboxylic acids is 2. The minimum atomic E-state index is -0.522. The van der Waals surface area contributed by atoms with Crippen molar-refractivity contribution in [2.45, 2.75) is 19.4 Å². The molecule has 1 unspecified atom stereocenters. The minimum Gasteiger partial charge on any atom is -0.419 e. The number of carbonyl (C=O) groups is 2. The third-order valence-corrected chi connectivity index (χ3v) is 5.95. The van der Waals surface area contributed by atoms with Crippen molar-refractivity contribution in [3.05, 3.63) is 131 Å². The molecule has 0 amide bonds. The van der Waals surface area contributed by atoms with Gasteiger partial charge in [-0.15, -0.1) is 12.4 Å². The average Bonchev–Trinajstić information content (AvgIpc) is 2.90. The van der Waals surface area contributed by atoms with Crippen molar-refractivity contribution >= 4 is 24.3 Å². The van der Waals surface area contributed by atoms with Gasteiger partial charge in [-0.1, -0.05) is 72.3 Å². The van der Waals surface area contributed by atoms with Gasteiger partial charge in [-0.3, -0.25) is 0 Å². The topological polar surface area (TPSA) is 55.8 Å². The van der Waals surface area contributed by atoms with Crippen molar-refractivity contribution in [3.63, 3.8) is 0 Å². The minimum absolute atomic E-state index is 0. The Morgan fingerprint density at radius 3 is 1.73 bits per heavy atom. The van der Waals surface area contributed by atoms with Gasteiger partial charge in [0.25, 0.3) is 0 Å². The zero-order chi connectivity index (χ0) is 25.5. The van der Waals surface area contributed by atoms with E-state index in [4.69, 9.17) is 9.47 Å². The van der Waals surface area contributed by atoms with Crippen LogP contribution in [0.5, 0.6) is 11.5 Å². The summed E-state index contributed by atoms with van der Waals surface area (Å²) in [7, 11) is 4.08. The maximum absolute atomic E-state index is 12.8. The zero-order valence-electron chi connectivity index (χ0n) is 21.1. The Morgan fingerprint density at radius 1 is 0.703 bits per heavy atom. The molecule has 37 heavy (non-hydrogen) atoms. The van der Waals surface area contributed by atoms with E-state index in [9.17, 15) is 9.59 Å². The van der Waals surface area contributed by atoms with Gasteiger partial charge in [0.05, 0.1) is 11.1 Å². The van der Waals surface area contributed by atoms with E-state index < -0.39 is 11.9 Å². The number of benzene rings is 4. The largest absolute Gasteiger partial charge is 0.419 e. The van der Waals surface area contributed by atoms with Gasteiger partial charge in [0.2, 0.25) is 0 Å². The molecule has 0 saturated carbocycles. The summed E-state index contributed by atoms with van der Waals surface area (Å²) in [4.78, 5) is 27.7. The highest BCUT2D eigenvalue weighted by molar-refractivity contribution is 5.93. The van der Waals surface area contributed by atoms with Crippen LogP contribution in [-0.4, -0.2) is 30.9 Å². The summed E-state index contributed by atoms with van der Waals surface area (Å²) in [5.74, 6) is -0.653. The van der Waals surface area contributed by atoms with Crippen LogP contribution in [-0.2, 0) is 6.42 Å². The SMILES string of the molecule is Cc1ccc(C(Cc2ccc(OC(=O)c3ccccc3)c(OC(=O)c3ccccc3)c2)N(C)C)cc1.Cl. The van der Waals surface area contributed by atoms with Crippen LogP contribution in [0.15, 0.2) is 103 Å². The molecule has 0 bridgehead atoms. The van der Waals surface area contributed by atoms with E-state index in [0.717, 1.165) is 5.56 Å². The maximum Gasteiger partial charge on any atom is 0.343 e. The number of hydrogen-bond donors (Lipinski definition) is 0. The van der Waals surface area contributed by atoms with Gasteiger partial charge in [0.15, 0.2) is 11.5 Å². The zero-order valence-corrected chi connectivity index (χ0v) is 21.9. The highest BCUT2D eigenvalue weighted by Crippen LogP contribution is 2.33. The third-order valence-electron chi connectivity index (χ3n) is 5.95. The predicted molar refractivity (Wildman–Crippen MR) is 148 cm³/mol. The number of halogens is 1. The van der Waals surface area contributed by atoms with Crippen LogP contribution in [0.25, 0.3) is 0 Å². The summed E-state index contributed by atoms with van der Waals surface area (Å²) in [6.07, 6.45) is 0.679. The van der Waals surface area contributed by atoms with E-state index in [1.807, 2.05) is 32.3 Å². The lowest BCUT2D eigenvalue weighted by Gasteiger charge is -2.25. The summed E-state index contributed by atoms with van der Waals surface area (Å²) < 4.78 is 11.4. The number of ether oxygens (including phenoxy) is 2. The number of rotatable bonds is 8. The van der Waals surface area contributed by atoms with Crippen molar-refractivity contribution in [2.75, 3.05) is 14.1 Å². The van der Waals surface area contributed by atoms with E-state index in [1.165, 1.54) is 11.1 Å². The summed E-state index contributed by atoms with van der Waals surface area (Å²) in [6.45, 7) is 2.07. The Labute approximate surface area is 224 Å². The van der Waals surface area contributed by atoms with Crippen LogP contribution in [0, 0.1) is 6.92 Å². The lowest BCUT2D eigenvalue weighted by molar-refractivity contribution is 0.0682. The van der Waals surface area contributed by atoms with Crippen molar-refractivity contribution in [1.82, 2.24) is 4.90 Å². The molecule has 0 aliphatic heterocycles. The smallest absolute Gasteiger partial charge is 0.343 e. The summed E-state index contributed by atoms with van der Waals surface area (Å²) in [5.41, 5.74) is 4.16. The first kappa shape index (κ1) is 27.7. The monoisotopic (exact) mass is 515 g/mol. The fourth-order valence-corrected chi connectivity index (χ4v) is 3.92. The second-order valence-electron chi connectivity index (χ2n) is 8.89. The molecule has 0 aliphatic rings. The van der Waals surface area contributed by atoms with Crippen LogP contribution in [0.2, 0.25) is 0 Å². The normalized spacial score (nSPS) is 11.4. The Balaban J connectivity index is 0.00000380. The van der Waals surface area contributed by atoms with Gasteiger partial charge >= 0.3 is 11.9 Å². The van der Waals surface area contributed by atoms with Gasteiger partial charge in [0, 0.05) is 6.04 Å². The van der Waals surface area contributed by atoms with E-state index in [2.05, 4.69) is 36.1 Å². The van der Waals surface area contributed by atoms with Crippen LogP contribution in [0.3, 0.4) is 0 Å². The molecule has 0 radical (unpaired) electrons. The molecule has 0 aliphatic carbocycles. The molecule has 0 aromatic heterocycles. The molecule has 0 fully saturated rings. The molecule has 4 aromatic rings. The molecule has 4 rings (SSSR count). The van der Waals surface area contributed by atoms with E-state index in [1.54, 1.807) is 60.7 Å². The lowest BCUT2D eigenvalue weighted by atomic mass is 9.97. The summed E-state index contributed by atoms with van der Waals surface area (Å²) in [6, 6.07) is 31.4. The quantitative estimate of drug-likeness (QED) is 0.193. The Morgan fingerprint density at radius 2 is 1.22 bits per heavy atom. The number of esters is 2. The molecule has 4 aromatic carbocycles. The highest BCUT2D eigenvalue weighted by Gasteiger charge is 2.20.